The van der Waals surface area contributed by atoms with Crippen LogP contribution in [0, 0.1) is 13.8 Å². The van der Waals surface area contributed by atoms with Gasteiger partial charge in [-0.25, -0.2) is 17.7 Å². The standard InChI is InChI=1S/C22H25N3O3S2/c1-14-7-6-8-19-15(2)13-20(24-21(14)19)29-16(3)22(26)23-17-9-11-18(12-10-17)30(27,28)25(4)5/h6-13,16H,1-5H3,(H,23,26). The number of nitrogens with zero attached hydrogens (tertiary/aromatic N) is 2. The van der Waals surface area contributed by atoms with E-state index in [4.69, 9.17) is 4.98 Å². The van der Waals surface area contributed by atoms with Crippen LogP contribution in [0.4, 0.5) is 5.69 Å². The Morgan fingerprint density at radius 3 is 2.37 bits per heavy atom. The van der Waals surface area contributed by atoms with Crippen molar-refractivity contribution in [1.29, 1.82) is 0 Å². The molecule has 30 heavy (non-hydrogen) atoms. The lowest BCUT2D eigenvalue weighted by molar-refractivity contribution is -0.115. The highest BCUT2D eigenvalue weighted by Gasteiger charge is 2.19. The van der Waals surface area contributed by atoms with Crippen LogP contribution >= 0.6 is 11.8 Å². The molecule has 1 aromatic heterocycles. The highest BCUT2D eigenvalue weighted by molar-refractivity contribution is 8.00. The molecule has 0 spiro atoms. The number of nitrogens with one attached hydrogen (secondary N) is 1. The number of aryl methyl sites for hydroxylation is 2. The first kappa shape index (κ1) is 22.3. The molecule has 1 unspecified atom stereocenters. The van der Waals surface area contributed by atoms with Gasteiger partial charge in [0, 0.05) is 25.2 Å². The minimum absolute atomic E-state index is 0.174. The molecule has 1 N–H and O–H groups in total. The molecule has 0 aliphatic rings. The first-order valence-corrected chi connectivity index (χ1v) is 11.8. The summed E-state index contributed by atoms with van der Waals surface area (Å²) in [6.07, 6.45) is 0. The highest BCUT2D eigenvalue weighted by Crippen LogP contribution is 2.28. The summed E-state index contributed by atoms with van der Waals surface area (Å²) in [4.78, 5) is 17.5. The number of hydrogen-bond donors (Lipinski definition) is 1. The number of anilines is 1. The van der Waals surface area contributed by atoms with Gasteiger partial charge in [0.15, 0.2) is 0 Å². The van der Waals surface area contributed by atoms with Crippen LogP contribution in [-0.2, 0) is 14.8 Å². The fourth-order valence-corrected chi connectivity index (χ4v) is 4.81. The van der Waals surface area contributed by atoms with Crippen LogP contribution in [0.2, 0.25) is 0 Å². The minimum Gasteiger partial charge on any atom is -0.325 e. The van der Waals surface area contributed by atoms with Crippen LogP contribution in [0.15, 0.2) is 58.5 Å². The number of sulfonamides is 1. The Balaban J connectivity index is 1.72. The number of para-hydroxylation sites is 1. The number of amides is 1. The van der Waals surface area contributed by atoms with E-state index in [1.807, 2.05) is 39.0 Å². The van der Waals surface area contributed by atoms with Crippen LogP contribution in [0.5, 0.6) is 0 Å². The molecule has 0 radical (unpaired) electrons. The average molecular weight is 444 g/mol. The van der Waals surface area contributed by atoms with Crippen molar-refractivity contribution in [3.05, 3.63) is 59.7 Å². The number of pyridine rings is 1. The first-order chi connectivity index (χ1) is 14.1. The molecule has 0 saturated heterocycles. The summed E-state index contributed by atoms with van der Waals surface area (Å²) in [5.74, 6) is -0.174. The van der Waals surface area contributed by atoms with Gasteiger partial charge >= 0.3 is 0 Å². The van der Waals surface area contributed by atoms with E-state index in [1.165, 1.54) is 38.0 Å². The quantitative estimate of drug-likeness (QED) is 0.577. The molecular formula is C22H25N3O3S2. The van der Waals surface area contributed by atoms with Crippen molar-refractivity contribution < 1.29 is 13.2 Å². The topological polar surface area (TPSA) is 79.4 Å². The predicted octanol–water partition coefficient (Wildman–Crippen LogP) is 4.22. The third kappa shape index (κ3) is 4.66. The molecule has 2 aromatic carbocycles. The first-order valence-electron chi connectivity index (χ1n) is 9.46. The van der Waals surface area contributed by atoms with Gasteiger partial charge in [0.05, 0.1) is 20.7 Å². The molecule has 0 aliphatic heterocycles. The number of carbonyl (C=O) groups excluding carboxylic acids is 1. The molecule has 3 rings (SSSR count). The van der Waals surface area contributed by atoms with Gasteiger partial charge in [0.1, 0.15) is 0 Å². The monoisotopic (exact) mass is 443 g/mol. The van der Waals surface area contributed by atoms with Crippen molar-refractivity contribution in [2.24, 2.45) is 0 Å². The van der Waals surface area contributed by atoms with Crippen LogP contribution in [0.3, 0.4) is 0 Å². The molecule has 6 nitrogen and oxygen atoms in total. The van der Waals surface area contributed by atoms with Gasteiger partial charge in [0.25, 0.3) is 0 Å². The third-order valence-corrected chi connectivity index (χ3v) is 7.64. The third-order valence-electron chi connectivity index (χ3n) is 4.79. The van der Waals surface area contributed by atoms with Crippen molar-refractivity contribution in [1.82, 2.24) is 9.29 Å². The second-order valence-electron chi connectivity index (χ2n) is 7.31. The van der Waals surface area contributed by atoms with E-state index >= 15 is 0 Å². The molecule has 0 saturated carbocycles. The van der Waals surface area contributed by atoms with E-state index in [0.717, 1.165) is 31.4 Å². The summed E-state index contributed by atoms with van der Waals surface area (Å²) in [6.45, 7) is 5.89. The number of rotatable bonds is 6. The van der Waals surface area contributed by atoms with Crippen molar-refractivity contribution in [2.45, 2.75) is 35.9 Å². The largest absolute Gasteiger partial charge is 0.325 e. The Kier molecular flexibility index (Phi) is 6.50. The Morgan fingerprint density at radius 2 is 1.73 bits per heavy atom. The van der Waals surface area contributed by atoms with Gasteiger partial charge in [0.2, 0.25) is 15.9 Å². The fraction of sp³-hybridized carbons (Fsp3) is 0.273. The SMILES string of the molecule is Cc1cc(SC(C)C(=O)Nc2ccc(S(=O)(=O)N(C)C)cc2)nc2c(C)cccc12. The Hall–Kier alpha value is -2.42. The molecule has 3 aromatic rings. The maximum Gasteiger partial charge on any atom is 0.242 e. The van der Waals surface area contributed by atoms with E-state index in [-0.39, 0.29) is 16.1 Å². The lowest BCUT2D eigenvalue weighted by Crippen LogP contribution is -2.23. The molecule has 1 amide bonds. The van der Waals surface area contributed by atoms with Gasteiger partial charge in [-0.2, -0.15) is 0 Å². The molecule has 8 heteroatoms. The lowest BCUT2D eigenvalue weighted by Gasteiger charge is -2.14. The van der Waals surface area contributed by atoms with Crippen LogP contribution in [0.25, 0.3) is 10.9 Å². The summed E-state index contributed by atoms with van der Waals surface area (Å²) in [6, 6.07) is 14.2. The lowest BCUT2D eigenvalue weighted by atomic mass is 10.1. The molecule has 0 bridgehead atoms. The fourth-order valence-electron chi connectivity index (χ4n) is 2.99. The molecular weight excluding hydrogens is 418 g/mol. The number of benzene rings is 2. The van der Waals surface area contributed by atoms with E-state index in [1.54, 1.807) is 12.1 Å². The zero-order valence-electron chi connectivity index (χ0n) is 17.6. The molecule has 0 fully saturated rings. The molecule has 1 heterocycles. The number of fused-ring (bicyclic) bond motifs is 1. The van der Waals surface area contributed by atoms with Crippen molar-refractivity contribution in [3.8, 4) is 0 Å². The van der Waals surface area contributed by atoms with Gasteiger partial charge in [-0.15, -0.1) is 0 Å². The van der Waals surface area contributed by atoms with Crippen LogP contribution in [-0.4, -0.2) is 43.0 Å². The van der Waals surface area contributed by atoms with E-state index < -0.39 is 10.0 Å². The van der Waals surface area contributed by atoms with Crippen LogP contribution in [0.1, 0.15) is 18.1 Å². The number of carbonyl (C=O) groups is 1. The normalized spacial score (nSPS) is 12.9. The zero-order valence-corrected chi connectivity index (χ0v) is 19.3. The maximum atomic E-state index is 12.6. The van der Waals surface area contributed by atoms with E-state index in [0.29, 0.717) is 5.69 Å². The Labute approximate surface area is 181 Å². The van der Waals surface area contributed by atoms with Gasteiger partial charge in [-0.05, 0) is 62.2 Å². The molecule has 1 atom stereocenters. The minimum atomic E-state index is -3.50. The van der Waals surface area contributed by atoms with Crippen molar-refractivity contribution in [3.63, 3.8) is 0 Å². The Morgan fingerprint density at radius 1 is 1.07 bits per heavy atom. The van der Waals surface area contributed by atoms with Crippen molar-refractivity contribution in [2.75, 3.05) is 19.4 Å². The zero-order chi connectivity index (χ0) is 22.1. The summed E-state index contributed by atoms with van der Waals surface area (Å²) in [7, 11) is -0.536. The van der Waals surface area contributed by atoms with E-state index in [2.05, 4.69) is 11.4 Å². The number of aromatic nitrogens is 1. The van der Waals surface area contributed by atoms with Crippen molar-refractivity contribution >= 4 is 44.3 Å². The number of thioether (sulfide) groups is 1. The smallest absolute Gasteiger partial charge is 0.242 e. The molecule has 158 valence electrons. The summed E-state index contributed by atoms with van der Waals surface area (Å²) in [5.41, 5.74) is 3.72. The van der Waals surface area contributed by atoms with Gasteiger partial charge in [-0.1, -0.05) is 30.0 Å². The second-order valence-corrected chi connectivity index (χ2v) is 10.8. The highest BCUT2D eigenvalue weighted by atomic mass is 32.2. The predicted molar refractivity (Wildman–Crippen MR) is 122 cm³/mol. The van der Waals surface area contributed by atoms with Crippen LogP contribution < -0.4 is 5.32 Å². The maximum absolute atomic E-state index is 12.6. The van der Waals surface area contributed by atoms with E-state index in [9.17, 15) is 13.2 Å². The molecule has 0 aliphatic carbocycles. The second kappa shape index (κ2) is 8.75. The summed E-state index contributed by atoms with van der Waals surface area (Å²) in [5, 5.41) is 4.38. The Bertz CT molecular complexity index is 1190. The summed E-state index contributed by atoms with van der Waals surface area (Å²) < 4.78 is 25.5. The van der Waals surface area contributed by atoms with Gasteiger partial charge in [-0.3, -0.25) is 4.79 Å². The van der Waals surface area contributed by atoms with Gasteiger partial charge < -0.3 is 5.32 Å². The summed E-state index contributed by atoms with van der Waals surface area (Å²) >= 11 is 1.39. The number of hydrogen-bond acceptors (Lipinski definition) is 5. The average Bonchev–Trinajstić information content (AvgIpc) is 2.69.